The summed E-state index contributed by atoms with van der Waals surface area (Å²) < 4.78 is 7.30. The number of aromatic nitrogens is 2. The van der Waals surface area contributed by atoms with Gasteiger partial charge in [0.25, 0.3) is 11.5 Å². The van der Waals surface area contributed by atoms with Gasteiger partial charge in [0.1, 0.15) is 28.6 Å². The Bertz CT molecular complexity index is 1200. The van der Waals surface area contributed by atoms with Gasteiger partial charge in [-0.15, -0.1) is 0 Å². The van der Waals surface area contributed by atoms with Crippen LogP contribution in [0.15, 0.2) is 53.0 Å². The van der Waals surface area contributed by atoms with E-state index < -0.39 is 11.5 Å². The molecule has 0 aliphatic heterocycles. The van der Waals surface area contributed by atoms with E-state index in [1.807, 2.05) is 44.2 Å². The minimum atomic E-state index is -0.599. The third kappa shape index (κ3) is 3.48. The first-order valence-electron chi connectivity index (χ1n) is 8.55. The van der Waals surface area contributed by atoms with Crippen molar-refractivity contribution >= 4 is 17.6 Å². The van der Waals surface area contributed by atoms with Crippen LogP contribution >= 0.6 is 0 Å². The molecule has 7 heteroatoms. The Labute approximate surface area is 161 Å². The first-order chi connectivity index (χ1) is 13.5. The first kappa shape index (κ1) is 18.9. The normalized spacial score (nSPS) is 11.1. The number of nitrogens with one attached hydrogen (secondary N) is 1. The van der Waals surface area contributed by atoms with Crippen molar-refractivity contribution in [2.75, 3.05) is 7.05 Å². The predicted octanol–water partition coefficient (Wildman–Crippen LogP) is 2.76. The Balaban J connectivity index is 2.31. The van der Waals surface area contributed by atoms with Crippen molar-refractivity contribution in [3.8, 4) is 17.7 Å². The Hall–Kier alpha value is -3.92. The molecule has 1 aromatic carbocycles. The molecule has 0 aliphatic carbocycles. The lowest BCUT2D eigenvalue weighted by molar-refractivity contribution is -0.116. The summed E-state index contributed by atoms with van der Waals surface area (Å²) in [5.41, 5.74) is 1.45. The van der Waals surface area contributed by atoms with Crippen LogP contribution < -0.4 is 15.6 Å². The average molecular weight is 374 g/mol. The van der Waals surface area contributed by atoms with Crippen molar-refractivity contribution in [1.82, 2.24) is 14.7 Å². The van der Waals surface area contributed by atoms with Gasteiger partial charge in [0.15, 0.2) is 0 Å². The number of para-hydroxylation sites is 1. The van der Waals surface area contributed by atoms with Crippen LogP contribution in [0.3, 0.4) is 0 Å². The Morgan fingerprint density at radius 1 is 1.21 bits per heavy atom. The van der Waals surface area contributed by atoms with Gasteiger partial charge in [0, 0.05) is 13.2 Å². The number of pyridine rings is 1. The van der Waals surface area contributed by atoms with E-state index in [0.29, 0.717) is 11.4 Å². The highest BCUT2D eigenvalue weighted by Crippen LogP contribution is 2.27. The molecule has 0 fully saturated rings. The average Bonchev–Trinajstić information content (AvgIpc) is 2.70. The summed E-state index contributed by atoms with van der Waals surface area (Å²) >= 11 is 0. The molecule has 0 saturated heterocycles. The zero-order chi connectivity index (χ0) is 20.3. The quantitative estimate of drug-likeness (QED) is 0.559. The first-order valence-corrected chi connectivity index (χ1v) is 8.55. The second kappa shape index (κ2) is 7.76. The molecule has 140 valence electrons. The Morgan fingerprint density at radius 2 is 1.93 bits per heavy atom. The molecular formula is C21H18N4O3. The molecule has 0 bridgehead atoms. The number of fused-ring (bicyclic) bond motifs is 1. The second-order valence-corrected chi connectivity index (χ2v) is 6.14. The number of carbonyl (C=O) groups excluding carboxylic acids is 1. The number of amides is 1. The molecule has 0 saturated carbocycles. The lowest BCUT2D eigenvalue weighted by atomic mass is 10.1. The number of hydrogen-bond donors (Lipinski definition) is 1. The van der Waals surface area contributed by atoms with E-state index in [1.165, 1.54) is 17.5 Å². The maximum absolute atomic E-state index is 13.1. The zero-order valence-electron chi connectivity index (χ0n) is 15.7. The molecular weight excluding hydrogens is 356 g/mol. The second-order valence-electron chi connectivity index (χ2n) is 6.14. The number of rotatable bonds is 4. The van der Waals surface area contributed by atoms with Crippen molar-refractivity contribution < 1.29 is 9.53 Å². The fraction of sp³-hybridized carbons (Fsp3) is 0.143. The van der Waals surface area contributed by atoms with Gasteiger partial charge < -0.3 is 10.1 Å². The number of likely N-dealkylation sites (N-methyl/N-ethyl adjacent to an activating group) is 1. The van der Waals surface area contributed by atoms with Crippen LogP contribution in [-0.4, -0.2) is 22.3 Å². The summed E-state index contributed by atoms with van der Waals surface area (Å²) in [6.45, 7) is 3.70. The van der Waals surface area contributed by atoms with Gasteiger partial charge in [0.2, 0.25) is 5.88 Å². The molecule has 1 N–H and O–H groups in total. The summed E-state index contributed by atoms with van der Waals surface area (Å²) in [5, 5.41) is 11.7. The van der Waals surface area contributed by atoms with E-state index >= 15 is 0 Å². The third-order valence-corrected chi connectivity index (χ3v) is 4.23. The lowest BCUT2D eigenvalue weighted by Gasteiger charge is -2.12. The number of ether oxygens (including phenoxy) is 1. The van der Waals surface area contributed by atoms with Gasteiger partial charge in [-0.3, -0.25) is 14.0 Å². The molecule has 7 nitrogen and oxygen atoms in total. The smallest absolute Gasteiger partial charge is 0.269 e. The molecule has 3 aromatic rings. The van der Waals surface area contributed by atoms with Gasteiger partial charge in [0.05, 0.1) is 0 Å². The van der Waals surface area contributed by atoms with E-state index in [9.17, 15) is 14.9 Å². The fourth-order valence-corrected chi connectivity index (χ4v) is 2.70. The topological polar surface area (TPSA) is 96.5 Å². The third-order valence-electron chi connectivity index (χ3n) is 4.23. The highest BCUT2D eigenvalue weighted by Gasteiger charge is 2.18. The van der Waals surface area contributed by atoms with E-state index in [2.05, 4.69) is 10.3 Å². The SMILES string of the molecule is CNC(=O)/C(C#N)=C\c1c(Oc2ccccc2C)nc2c(C)cccn2c1=O. The van der Waals surface area contributed by atoms with E-state index in [0.717, 1.165) is 11.1 Å². The molecule has 2 aromatic heterocycles. The molecule has 0 unspecified atom stereocenters. The van der Waals surface area contributed by atoms with Crippen LogP contribution in [0.4, 0.5) is 0 Å². The zero-order valence-corrected chi connectivity index (χ0v) is 15.7. The van der Waals surface area contributed by atoms with Crippen LogP contribution in [0.25, 0.3) is 11.7 Å². The maximum Gasteiger partial charge on any atom is 0.269 e. The predicted molar refractivity (Wildman–Crippen MR) is 105 cm³/mol. The summed E-state index contributed by atoms with van der Waals surface area (Å²) in [5.74, 6) is -0.0382. The maximum atomic E-state index is 13.1. The number of nitrogens with zero attached hydrogens (tertiary/aromatic N) is 3. The largest absolute Gasteiger partial charge is 0.438 e. The van der Waals surface area contributed by atoms with Crippen molar-refractivity contribution in [3.63, 3.8) is 0 Å². The molecule has 3 rings (SSSR count). The van der Waals surface area contributed by atoms with Gasteiger partial charge in [-0.25, -0.2) is 0 Å². The van der Waals surface area contributed by atoms with E-state index in [4.69, 9.17) is 4.74 Å². The van der Waals surface area contributed by atoms with Crippen LogP contribution in [0.2, 0.25) is 0 Å². The number of benzene rings is 1. The van der Waals surface area contributed by atoms with Gasteiger partial charge in [-0.05, 0) is 43.2 Å². The Morgan fingerprint density at radius 3 is 2.61 bits per heavy atom. The minimum Gasteiger partial charge on any atom is -0.438 e. The summed E-state index contributed by atoms with van der Waals surface area (Å²) in [6.07, 6.45) is 2.79. The van der Waals surface area contributed by atoms with Crippen molar-refractivity contribution in [1.29, 1.82) is 5.26 Å². The minimum absolute atomic E-state index is 0.0199. The fourth-order valence-electron chi connectivity index (χ4n) is 2.70. The van der Waals surface area contributed by atoms with E-state index in [1.54, 1.807) is 18.3 Å². The monoisotopic (exact) mass is 374 g/mol. The molecule has 28 heavy (non-hydrogen) atoms. The van der Waals surface area contributed by atoms with Crippen LogP contribution in [0, 0.1) is 25.2 Å². The van der Waals surface area contributed by atoms with Crippen LogP contribution in [0.1, 0.15) is 16.7 Å². The summed E-state index contributed by atoms with van der Waals surface area (Å²) in [4.78, 5) is 29.5. The van der Waals surface area contributed by atoms with Crippen molar-refractivity contribution in [2.45, 2.75) is 13.8 Å². The lowest BCUT2D eigenvalue weighted by Crippen LogP contribution is -2.22. The highest BCUT2D eigenvalue weighted by molar-refractivity contribution is 6.01. The highest BCUT2D eigenvalue weighted by atomic mass is 16.5. The van der Waals surface area contributed by atoms with Gasteiger partial charge in [-0.1, -0.05) is 24.3 Å². The van der Waals surface area contributed by atoms with Gasteiger partial charge in [-0.2, -0.15) is 10.2 Å². The van der Waals surface area contributed by atoms with Crippen molar-refractivity contribution in [2.24, 2.45) is 0 Å². The standard InChI is InChI=1S/C21H18N4O3/c1-13-7-4-5-9-17(13)28-20-16(11-15(12-22)19(26)23-3)21(27)25-10-6-8-14(2)18(25)24-20/h4-11H,1-3H3,(H,23,26)/b15-11-. The Kier molecular flexibility index (Phi) is 5.23. The summed E-state index contributed by atoms with van der Waals surface area (Å²) in [7, 11) is 1.41. The molecule has 2 heterocycles. The number of hydrogen-bond acceptors (Lipinski definition) is 5. The summed E-state index contributed by atoms with van der Waals surface area (Å²) in [6, 6.07) is 12.7. The van der Waals surface area contributed by atoms with E-state index in [-0.39, 0.29) is 17.0 Å². The molecule has 0 radical (unpaired) electrons. The van der Waals surface area contributed by atoms with Crippen LogP contribution in [-0.2, 0) is 4.79 Å². The number of carbonyl (C=O) groups is 1. The molecule has 0 aliphatic rings. The number of aryl methyl sites for hydroxylation is 2. The van der Waals surface area contributed by atoms with Gasteiger partial charge >= 0.3 is 0 Å². The van der Waals surface area contributed by atoms with Crippen LogP contribution in [0.5, 0.6) is 11.6 Å². The van der Waals surface area contributed by atoms with Crippen molar-refractivity contribution in [3.05, 3.63) is 75.2 Å². The molecule has 0 atom stereocenters. The molecule has 0 spiro atoms. The molecule has 1 amide bonds. The number of nitriles is 1.